The molecule has 0 saturated heterocycles. The zero-order valence-corrected chi connectivity index (χ0v) is 11.1. The van der Waals surface area contributed by atoms with Crippen LogP contribution in [0.3, 0.4) is 0 Å². The quantitative estimate of drug-likeness (QED) is 0.806. The maximum atomic E-state index is 8.93. The maximum Gasteiger partial charge on any atom is 0.201 e. The third-order valence-electron chi connectivity index (χ3n) is 3.01. The Labute approximate surface area is 112 Å². The van der Waals surface area contributed by atoms with Crippen LogP contribution in [0.5, 0.6) is 0 Å². The molecule has 0 aliphatic rings. The Kier molecular flexibility index (Phi) is 4.37. The molecule has 100 valence electrons. The van der Waals surface area contributed by atoms with Gasteiger partial charge >= 0.3 is 0 Å². The van der Waals surface area contributed by atoms with Gasteiger partial charge in [-0.1, -0.05) is 13.3 Å². The second kappa shape index (κ2) is 6.21. The van der Waals surface area contributed by atoms with Gasteiger partial charge in [-0.05, 0) is 24.6 Å². The third kappa shape index (κ3) is 3.04. The summed E-state index contributed by atoms with van der Waals surface area (Å²) in [5.74, 6) is 0.462. The number of anilines is 1. The van der Waals surface area contributed by atoms with Crippen LogP contribution < -0.4 is 5.73 Å². The van der Waals surface area contributed by atoms with E-state index in [1.54, 1.807) is 6.07 Å². The number of hydrogen-bond acceptors (Lipinski definition) is 4. The van der Waals surface area contributed by atoms with Crippen LogP contribution >= 0.6 is 0 Å². The van der Waals surface area contributed by atoms with E-state index in [0.29, 0.717) is 24.7 Å². The van der Waals surface area contributed by atoms with Crippen LogP contribution in [0, 0.1) is 11.3 Å². The summed E-state index contributed by atoms with van der Waals surface area (Å²) in [5, 5.41) is 8.93. The number of nitriles is 1. The minimum absolute atomic E-state index is 0.462. The van der Waals surface area contributed by atoms with Crippen LogP contribution in [-0.4, -0.2) is 22.8 Å². The molecule has 1 aromatic carbocycles. The summed E-state index contributed by atoms with van der Waals surface area (Å²) in [6.07, 6.45) is 2.19. The summed E-state index contributed by atoms with van der Waals surface area (Å²) < 4.78 is 7.43. The monoisotopic (exact) mass is 258 g/mol. The summed E-state index contributed by atoms with van der Waals surface area (Å²) in [6, 6.07) is 7.50. The van der Waals surface area contributed by atoms with Crippen molar-refractivity contribution in [3.8, 4) is 6.07 Å². The largest absolute Gasteiger partial charge is 0.380 e. The van der Waals surface area contributed by atoms with E-state index in [9.17, 15) is 0 Å². The van der Waals surface area contributed by atoms with Crippen molar-refractivity contribution in [2.24, 2.45) is 0 Å². The lowest BCUT2D eigenvalue weighted by Crippen LogP contribution is -2.09. The normalized spacial score (nSPS) is 10.7. The minimum Gasteiger partial charge on any atom is -0.380 e. The number of nitrogens with zero attached hydrogens (tertiary/aromatic N) is 3. The molecule has 19 heavy (non-hydrogen) atoms. The highest BCUT2D eigenvalue weighted by Crippen LogP contribution is 2.19. The Morgan fingerprint density at radius 3 is 3.00 bits per heavy atom. The fourth-order valence-corrected chi connectivity index (χ4v) is 1.95. The molecule has 1 heterocycles. The molecule has 2 rings (SSSR count). The number of benzene rings is 1. The molecular weight excluding hydrogens is 240 g/mol. The van der Waals surface area contributed by atoms with E-state index in [2.05, 4.69) is 18.0 Å². The highest BCUT2D eigenvalue weighted by atomic mass is 16.5. The van der Waals surface area contributed by atoms with Crippen molar-refractivity contribution in [3.05, 3.63) is 23.8 Å². The van der Waals surface area contributed by atoms with E-state index in [0.717, 1.165) is 30.5 Å². The van der Waals surface area contributed by atoms with Crippen molar-refractivity contribution >= 4 is 17.0 Å². The van der Waals surface area contributed by atoms with Crippen molar-refractivity contribution in [1.29, 1.82) is 5.26 Å². The lowest BCUT2D eigenvalue weighted by molar-refractivity contribution is 0.124. The molecule has 0 saturated carbocycles. The molecular formula is C14H18N4O. The fourth-order valence-electron chi connectivity index (χ4n) is 1.95. The van der Waals surface area contributed by atoms with Crippen LogP contribution in [0.25, 0.3) is 11.0 Å². The maximum absolute atomic E-state index is 8.93. The zero-order valence-electron chi connectivity index (χ0n) is 11.1. The number of ether oxygens (including phenoxy) is 1. The second-order valence-electron chi connectivity index (χ2n) is 4.40. The summed E-state index contributed by atoms with van der Waals surface area (Å²) in [4.78, 5) is 4.28. The van der Waals surface area contributed by atoms with E-state index in [1.165, 1.54) is 0 Å². The third-order valence-corrected chi connectivity index (χ3v) is 3.01. The van der Waals surface area contributed by atoms with Gasteiger partial charge in [-0.25, -0.2) is 4.98 Å². The molecule has 0 spiro atoms. The molecule has 1 aromatic heterocycles. The molecule has 0 atom stereocenters. The molecule has 0 aliphatic carbocycles. The van der Waals surface area contributed by atoms with Gasteiger partial charge < -0.3 is 15.0 Å². The van der Waals surface area contributed by atoms with Crippen molar-refractivity contribution in [2.45, 2.75) is 26.3 Å². The summed E-state index contributed by atoms with van der Waals surface area (Å²) in [6.45, 7) is 4.16. The molecule has 2 N–H and O–H groups in total. The van der Waals surface area contributed by atoms with Gasteiger partial charge in [0, 0.05) is 13.2 Å². The Bertz CT molecular complexity index is 597. The molecule has 2 aromatic rings. The number of unbranched alkanes of at least 4 members (excludes halogenated alkanes) is 1. The topological polar surface area (TPSA) is 76.9 Å². The lowest BCUT2D eigenvalue weighted by atomic mass is 10.2. The van der Waals surface area contributed by atoms with Gasteiger partial charge in [0.15, 0.2) is 0 Å². The Hall–Kier alpha value is -2.06. The number of hydrogen-bond donors (Lipinski definition) is 1. The molecule has 5 nitrogen and oxygen atoms in total. The van der Waals surface area contributed by atoms with Gasteiger partial charge in [0.1, 0.15) is 0 Å². The standard InChI is InChI=1S/C14H18N4O/c1-2-3-7-19-8-6-18-13-9-11(10-15)4-5-12(13)17-14(18)16/h4-5,9H,2-3,6-8H2,1H3,(H2,16,17). The molecule has 0 fully saturated rings. The van der Waals surface area contributed by atoms with Crippen LogP contribution in [0.4, 0.5) is 5.95 Å². The Morgan fingerprint density at radius 2 is 2.26 bits per heavy atom. The average molecular weight is 258 g/mol. The van der Waals surface area contributed by atoms with E-state index in [1.807, 2.05) is 16.7 Å². The fraction of sp³-hybridized carbons (Fsp3) is 0.429. The van der Waals surface area contributed by atoms with Crippen molar-refractivity contribution in [3.63, 3.8) is 0 Å². The molecule has 0 bridgehead atoms. The first-order chi connectivity index (χ1) is 9.26. The number of rotatable bonds is 6. The van der Waals surface area contributed by atoms with Crippen LogP contribution in [0.15, 0.2) is 18.2 Å². The van der Waals surface area contributed by atoms with Crippen molar-refractivity contribution in [2.75, 3.05) is 18.9 Å². The van der Waals surface area contributed by atoms with Gasteiger partial charge in [-0.3, -0.25) is 0 Å². The van der Waals surface area contributed by atoms with Gasteiger partial charge in [-0.2, -0.15) is 5.26 Å². The number of nitrogens with two attached hydrogens (primary N) is 1. The Morgan fingerprint density at radius 1 is 1.42 bits per heavy atom. The molecule has 0 unspecified atom stereocenters. The molecule has 0 aliphatic heterocycles. The highest BCUT2D eigenvalue weighted by Gasteiger charge is 2.08. The Balaban J connectivity index is 2.13. The summed E-state index contributed by atoms with van der Waals surface area (Å²) >= 11 is 0. The first-order valence-corrected chi connectivity index (χ1v) is 6.50. The van der Waals surface area contributed by atoms with Gasteiger partial charge in [-0.15, -0.1) is 0 Å². The van der Waals surface area contributed by atoms with E-state index in [-0.39, 0.29) is 0 Å². The molecule has 5 heteroatoms. The van der Waals surface area contributed by atoms with E-state index in [4.69, 9.17) is 15.7 Å². The number of aromatic nitrogens is 2. The predicted octanol–water partition coefficient (Wildman–Crippen LogP) is 2.31. The van der Waals surface area contributed by atoms with E-state index < -0.39 is 0 Å². The number of nitrogen functional groups attached to an aromatic ring is 1. The van der Waals surface area contributed by atoms with Crippen LogP contribution in [-0.2, 0) is 11.3 Å². The van der Waals surface area contributed by atoms with Crippen LogP contribution in [0.2, 0.25) is 0 Å². The SMILES string of the molecule is CCCCOCCn1c(N)nc2ccc(C#N)cc21. The summed E-state index contributed by atoms with van der Waals surface area (Å²) in [7, 11) is 0. The van der Waals surface area contributed by atoms with Crippen molar-refractivity contribution in [1.82, 2.24) is 9.55 Å². The summed E-state index contributed by atoms with van der Waals surface area (Å²) in [5.41, 5.74) is 8.21. The van der Waals surface area contributed by atoms with Crippen molar-refractivity contribution < 1.29 is 4.74 Å². The number of imidazole rings is 1. The lowest BCUT2D eigenvalue weighted by Gasteiger charge is -2.07. The highest BCUT2D eigenvalue weighted by molar-refractivity contribution is 5.79. The van der Waals surface area contributed by atoms with Crippen LogP contribution in [0.1, 0.15) is 25.3 Å². The average Bonchev–Trinajstić information content (AvgIpc) is 2.74. The van der Waals surface area contributed by atoms with Gasteiger partial charge in [0.2, 0.25) is 5.95 Å². The molecule has 0 amide bonds. The first kappa shape index (κ1) is 13.4. The molecule has 0 radical (unpaired) electrons. The first-order valence-electron chi connectivity index (χ1n) is 6.50. The smallest absolute Gasteiger partial charge is 0.201 e. The van der Waals surface area contributed by atoms with Gasteiger partial charge in [0.25, 0.3) is 0 Å². The minimum atomic E-state index is 0.462. The predicted molar refractivity (Wildman–Crippen MR) is 74.6 cm³/mol. The van der Waals surface area contributed by atoms with Gasteiger partial charge in [0.05, 0.1) is 29.3 Å². The van der Waals surface area contributed by atoms with E-state index >= 15 is 0 Å². The number of fused-ring (bicyclic) bond motifs is 1. The second-order valence-corrected chi connectivity index (χ2v) is 4.40. The zero-order chi connectivity index (χ0) is 13.7.